The predicted octanol–water partition coefficient (Wildman–Crippen LogP) is 2.99. The molecule has 1 atom stereocenters. The second kappa shape index (κ2) is 6.31. The van der Waals surface area contributed by atoms with Gasteiger partial charge in [0.1, 0.15) is 0 Å². The van der Waals surface area contributed by atoms with E-state index < -0.39 is 10.1 Å². The van der Waals surface area contributed by atoms with Gasteiger partial charge in [0.2, 0.25) is 0 Å². The van der Waals surface area contributed by atoms with Gasteiger partial charge in [0.15, 0.2) is 0 Å². The Hall–Kier alpha value is -0.910. The number of aryl methyl sites for hydroxylation is 2. The molecule has 0 aromatic heterocycles. The van der Waals surface area contributed by atoms with Crippen molar-refractivity contribution in [3.05, 3.63) is 29.3 Å². The zero-order chi connectivity index (χ0) is 13.8. The summed E-state index contributed by atoms with van der Waals surface area (Å²) in [5.41, 5.74) is 2.06. The maximum Gasteiger partial charge on any atom is 0.323 e. The van der Waals surface area contributed by atoms with Crippen LogP contribution in [0.25, 0.3) is 0 Å². The Bertz CT molecular complexity index is 494. The molecule has 0 aliphatic carbocycles. The fraction of sp³-hybridized carbons (Fsp3) is 0.538. The maximum atomic E-state index is 11.9. The summed E-state index contributed by atoms with van der Waals surface area (Å²) in [6.07, 6.45) is 1.21. The van der Waals surface area contributed by atoms with E-state index in [1.54, 1.807) is 19.1 Å². The summed E-state index contributed by atoms with van der Waals surface area (Å²) in [7, 11) is -3.84. The van der Waals surface area contributed by atoms with E-state index in [9.17, 15) is 8.42 Å². The van der Waals surface area contributed by atoms with Gasteiger partial charge in [-0.1, -0.05) is 19.9 Å². The highest BCUT2D eigenvalue weighted by molar-refractivity contribution is 7.86. The molecule has 0 fully saturated rings. The first-order chi connectivity index (χ1) is 8.40. The molecule has 1 aromatic rings. The summed E-state index contributed by atoms with van der Waals surface area (Å²) in [6, 6.07) is 4.94. The van der Waals surface area contributed by atoms with E-state index in [1.165, 1.54) is 6.07 Å². The van der Waals surface area contributed by atoms with Crippen molar-refractivity contribution in [1.82, 2.24) is 0 Å². The third kappa shape index (κ3) is 3.80. The minimum absolute atomic E-state index is 0.133. The summed E-state index contributed by atoms with van der Waals surface area (Å²) in [6.45, 7) is 7.57. The molecule has 0 bridgehead atoms. The van der Waals surface area contributed by atoms with Gasteiger partial charge in [-0.15, -0.1) is 4.33 Å². The van der Waals surface area contributed by atoms with Gasteiger partial charge >= 0.3 is 10.1 Å². The van der Waals surface area contributed by atoms with Crippen molar-refractivity contribution in [3.63, 3.8) is 0 Å². The Morgan fingerprint density at radius 1 is 1.28 bits per heavy atom. The fourth-order valence-corrected chi connectivity index (χ4v) is 2.25. The van der Waals surface area contributed by atoms with Crippen molar-refractivity contribution in [3.8, 4) is 0 Å². The summed E-state index contributed by atoms with van der Waals surface area (Å²) in [5.74, 6) is 0. The van der Waals surface area contributed by atoms with Crippen LogP contribution >= 0.6 is 0 Å². The summed E-state index contributed by atoms with van der Waals surface area (Å²) in [4.78, 5) is 4.96. The van der Waals surface area contributed by atoms with E-state index in [4.69, 9.17) is 4.89 Å². The van der Waals surface area contributed by atoms with Crippen LogP contribution in [-0.2, 0) is 25.8 Å². The quantitative estimate of drug-likeness (QED) is 0.590. The molecule has 1 unspecified atom stereocenters. The monoisotopic (exact) mass is 272 g/mol. The lowest BCUT2D eigenvalue weighted by molar-refractivity contribution is -0.235. The summed E-state index contributed by atoms with van der Waals surface area (Å²) < 4.78 is 28.3. The highest BCUT2D eigenvalue weighted by atomic mass is 32.2. The Balaban J connectivity index is 2.91. The lowest BCUT2D eigenvalue weighted by Crippen LogP contribution is -2.13. The first kappa shape index (κ1) is 15.1. The standard InChI is InChI=1S/C13H20O4S/c1-5-11(4)16-17-18(14,15)13-8-7-10(3)12(6-2)9-13/h7-9,11H,5-6H2,1-4H3. The van der Waals surface area contributed by atoms with Crippen LogP contribution in [-0.4, -0.2) is 14.5 Å². The van der Waals surface area contributed by atoms with E-state index in [1.807, 2.05) is 20.8 Å². The molecule has 1 aromatic carbocycles. The normalized spacial score (nSPS) is 13.6. The molecule has 102 valence electrons. The number of hydrogen-bond donors (Lipinski definition) is 0. The Kier molecular flexibility index (Phi) is 5.31. The summed E-state index contributed by atoms with van der Waals surface area (Å²) in [5, 5.41) is 0. The topological polar surface area (TPSA) is 52.6 Å². The van der Waals surface area contributed by atoms with Crippen molar-refractivity contribution < 1.29 is 17.6 Å². The maximum absolute atomic E-state index is 11.9. The Morgan fingerprint density at radius 2 is 1.94 bits per heavy atom. The van der Waals surface area contributed by atoms with Crippen LogP contribution in [0.2, 0.25) is 0 Å². The molecule has 4 nitrogen and oxygen atoms in total. The average molecular weight is 272 g/mol. The van der Waals surface area contributed by atoms with Crippen molar-refractivity contribution >= 4 is 10.1 Å². The molecule has 1 rings (SSSR count). The van der Waals surface area contributed by atoms with E-state index in [-0.39, 0.29) is 11.0 Å². The number of rotatable bonds is 6. The zero-order valence-corrected chi connectivity index (χ0v) is 12.1. The second-order valence-electron chi connectivity index (χ2n) is 4.28. The molecule has 0 N–H and O–H groups in total. The van der Waals surface area contributed by atoms with Crippen LogP contribution in [0.1, 0.15) is 38.3 Å². The summed E-state index contributed by atoms with van der Waals surface area (Å²) >= 11 is 0. The third-order valence-electron chi connectivity index (χ3n) is 2.86. The van der Waals surface area contributed by atoms with Crippen LogP contribution in [0.5, 0.6) is 0 Å². The molecule has 0 amide bonds. The fourth-order valence-electron chi connectivity index (χ4n) is 1.41. The Morgan fingerprint density at radius 3 is 2.50 bits per heavy atom. The van der Waals surface area contributed by atoms with E-state index >= 15 is 0 Å². The van der Waals surface area contributed by atoms with Gasteiger partial charge in [-0.05, 0) is 49.9 Å². The van der Waals surface area contributed by atoms with Crippen molar-refractivity contribution in [2.75, 3.05) is 0 Å². The molecular formula is C13H20O4S. The molecule has 18 heavy (non-hydrogen) atoms. The minimum atomic E-state index is -3.84. The molecule has 5 heteroatoms. The highest BCUT2D eigenvalue weighted by Crippen LogP contribution is 2.18. The predicted molar refractivity (Wildman–Crippen MR) is 69.7 cm³/mol. The van der Waals surface area contributed by atoms with Crippen LogP contribution in [0, 0.1) is 6.92 Å². The smallest absolute Gasteiger partial charge is 0.217 e. The van der Waals surface area contributed by atoms with Gasteiger partial charge in [0.25, 0.3) is 0 Å². The van der Waals surface area contributed by atoms with Gasteiger partial charge in [0.05, 0.1) is 11.0 Å². The minimum Gasteiger partial charge on any atom is -0.217 e. The van der Waals surface area contributed by atoms with Gasteiger partial charge in [-0.25, -0.2) is 4.89 Å². The lowest BCUT2D eigenvalue weighted by Gasteiger charge is -2.10. The largest absolute Gasteiger partial charge is 0.323 e. The van der Waals surface area contributed by atoms with Crippen molar-refractivity contribution in [2.24, 2.45) is 0 Å². The van der Waals surface area contributed by atoms with Gasteiger partial charge in [-0.3, -0.25) is 0 Å². The first-order valence-electron chi connectivity index (χ1n) is 6.10. The zero-order valence-electron chi connectivity index (χ0n) is 11.3. The highest BCUT2D eigenvalue weighted by Gasteiger charge is 2.18. The SMILES string of the molecule is CCc1cc(S(=O)(=O)OOC(C)CC)ccc1C. The van der Waals surface area contributed by atoms with E-state index in [0.717, 1.165) is 17.5 Å². The van der Waals surface area contributed by atoms with Crippen molar-refractivity contribution in [2.45, 2.75) is 51.5 Å². The van der Waals surface area contributed by atoms with Crippen LogP contribution in [0.4, 0.5) is 0 Å². The van der Waals surface area contributed by atoms with Crippen LogP contribution < -0.4 is 0 Å². The first-order valence-corrected chi connectivity index (χ1v) is 7.51. The van der Waals surface area contributed by atoms with Crippen LogP contribution in [0.15, 0.2) is 23.1 Å². The third-order valence-corrected chi connectivity index (χ3v) is 3.95. The van der Waals surface area contributed by atoms with Crippen molar-refractivity contribution in [1.29, 1.82) is 0 Å². The van der Waals surface area contributed by atoms with Crippen LogP contribution in [0.3, 0.4) is 0 Å². The number of hydrogen-bond acceptors (Lipinski definition) is 4. The van der Waals surface area contributed by atoms with Gasteiger partial charge in [-0.2, -0.15) is 8.42 Å². The van der Waals surface area contributed by atoms with Gasteiger partial charge < -0.3 is 0 Å². The Labute approximate surface area is 109 Å². The number of benzene rings is 1. The average Bonchev–Trinajstić information content (AvgIpc) is 2.36. The molecular weight excluding hydrogens is 252 g/mol. The molecule has 0 aliphatic heterocycles. The van der Waals surface area contributed by atoms with E-state index in [2.05, 4.69) is 4.33 Å². The molecule has 0 saturated heterocycles. The molecule has 0 heterocycles. The molecule has 0 spiro atoms. The molecule has 0 radical (unpaired) electrons. The van der Waals surface area contributed by atoms with E-state index in [0.29, 0.717) is 6.42 Å². The lowest BCUT2D eigenvalue weighted by atomic mass is 10.1. The molecule has 0 aliphatic rings. The van der Waals surface area contributed by atoms with Gasteiger partial charge in [0, 0.05) is 0 Å². The molecule has 0 saturated carbocycles. The second-order valence-corrected chi connectivity index (χ2v) is 5.79.